The fraction of sp³-hybridized carbons (Fsp3) is 0. The molecule has 2 rings (SSSR count). The van der Waals surface area contributed by atoms with Crippen molar-refractivity contribution in [1.29, 1.82) is 5.26 Å². The van der Waals surface area contributed by atoms with E-state index in [0.717, 1.165) is 0 Å². The van der Waals surface area contributed by atoms with Crippen LogP contribution >= 0.6 is 11.6 Å². The van der Waals surface area contributed by atoms with Crippen LogP contribution in [-0.2, 0) is 0 Å². The molecule has 0 saturated carbocycles. The largest absolute Gasteiger partial charge is 0.223 e. The van der Waals surface area contributed by atoms with Crippen LogP contribution in [0.2, 0.25) is 5.15 Å². The van der Waals surface area contributed by atoms with Crippen LogP contribution in [0.4, 0.5) is 0 Å². The van der Waals surface area contributed by atoms with Crippen molar-refractivity contribution in [3.63, 3.8) is 0 Å². The third-order valence-electron chi connectivity index (χ3n) is 1.47. The second-order valence-electron chi connectivity index (χ2n) is 2.19. The fourth-order valence-corrected chi connectivity index (χ4v) is 1.10. The molecule has 0 aliphatic rings. The van der Waals surface area contributed by atoms with Crippen molar-refractivity contribution in [1.82, 2.24) is 14.6 Å². The van der Waals surface area contributed by atoms with Gasteiger partial charge in [0.2, 0.25) is 0 Å². The monoisotopic (exact) mass is 178 g/mol. The zero-order valence-corrected chi connectivity index (χ0v) is 6.65. The average molecular weight is 179 g/mol. The summed E-state index contributed by atoms with van der Waals surface area (Å²) >= 11 is 5.63. The summed E-state index contributed by atoms with van der Waals surface area (Å²) in [5.41, 5.74) is 1.03. The predicted octanol–water partition coefficient (Wildman–Crippen LogP) is 1.25. The zero-order valence-electron chi connectivity index (χ0n) is 5.90. The first kappa shape index (κ1) is 7.07. The lowest BCUT2D eigenvalue weighted by molar-refractivity contribution is 0.927. The highest BCUT2D eigenvalue weighted by Gasteiger charge is 2.02. The summed E-state index contributed by atoms with van der Waals surface area (Å²) in [4.78, 5) is 3.84. The van der Waals surface area contributed by atoms with Crippen molar-refractivity contribution in [2.75, 3.05) is 0 Å². The maximum atomic E-state index is 8.61. The molecular weight excluding hydrogens is 176 g/mol. The standard InChI is InChI=1S/C7H3ClN4/c8-7-2-1-6-5(3-9)10-4-12(6)11-7/h1-2,4H. The van der Waals surface area contributed by atoms with E-state index in [-0.39, 0.29) is 0 Å². The Kier molecular flexibility index (Phi) is 1.45. The summed E-state index contributed by atoms with van der Waals surface area (Å²) in [5.74, 6) is 0. The molecule has 0 amide bonds. The number of aromatic nitrogens is 3. The topological polar surface area (TPSA) is 54.0 Å². The van der Waals surface area contributed by atoms with E-state index in [1.807, 2.05) is 6.07 Å². The van der Waals surface area contributed by atoms with Gasteiger partial charge in [-0.2, -0.15) is 10.4 Å². The van der Waals surface area contributed by atoms with Gasteiger partial charge in [0.15, 0.2) is 5.69 Å². The number of halogens is 1. The Morgan fingerprint density at radius 2 is 2.33 bits per heavy atom. The lowest BCUT2D eigenvalue weighted by Gasteiger charge is -1.91. The van der Waals surface area contributed by atoms with Crippen molar-refractivity contribution < 1.29 is 0 Å². The highest BCUT2D eigenvalue weighted by Crippen LogP contribution is 2.09. The fourth-order valence-electron chi connectivity index (χ4n) is 0.954. The minimum Gasteiger partial charge on any atom is -0.223 e. The molecule has 5 heteroatoms. The van der Waals surface area contributed by atoms with Gasteiger partial charge in [-0.3, -0.25) is 0 Å². The Balaban J connectivity index is 2.84. The van der Waals surface area contributed by atoms with Gasteiger partial charge in [-0.05, 0) is 12.1 Å². The Bertz CT molecular complexity index is 468. The van der Waals surface area contributed by atoms with Gasteiger partial charge in [0, 0.05) is 0 Å². The van der Waals surface area contributed by atoms with Crippen LogP contribution in [0.15, 0.2) is 18.5 Å². The summed E-state index contributed by atoms with van der Waals surface area (Å²) in [6, 6.07) is 5.29. The number of hydrogen-bond acceptors (Lipinski definition) is 3. The lowest BCUT2D eigenvalue weighted by Crippen LogP contribution is -1.88. The number of rotatable bonds is 0. The number of nitrogens with zero attached hydrogens (tertiary/aromatic N) is 4. The zero-order chi connectivity index (χ0) is 8.55. The molecule has 0 spiro atoms. The van der Waals surface area contributed by atoms with Gasteiger partial charge in [0.05, 0.1) is 0 Å². The summed E-state index contributed by atoms with van der Waals surface area (Å²) < 4.78 is 1.47. The first-order valence-electron chi connectivity index (χ1n) is 3.21. The molecule has 4 nitrogen and oxygen atoms in total. The molecule has 2 heterocycles. The summed E-state index contributed by atoms with van der Waals surface area (Å²) in [7, 11) is 0. The molecule has 2 aromatic rings. The van der Waals surface area contributed by atoms with Crippen molar-refractivity contribution >= 4 is 17.1 Å². The predicted molar refractivity (Wildman–Crippen MR) is 42.7 cm³/mol. The number of fused-ring (bicyclic) bond motifs is 1. The van der Waals surface area contributed by atoms with E-state index in [0.29, 0.717) is 16.4 Å². The van der Waals surface area contributed by atoms with Gasteiger partial charge in [0.1, 0.15) is 23.1 Å². The highest BCUT2D eigenvalue weighted by atomic mass is 35.5. The van der Waals surface area contributed by atoms with E-state index in [1.165, 1.54) is 10.8 Å². The van der Waals surface area contributed by atoms with Crippen molar-refractivity contribution in [3.8, 4) is 6.07 Å². The van der Waals surface area contributed by atoms with Gasteiger partial charge in [-0.25, -0.2) is 9.50 Å². The van der Waals surface area contributed by atoms with E-state index in [4.69, 9.17) is 16.9 Å². The van der Waals surface area contributed by atoms with Gasteiger partial charge >= 0.3 is 0 Å². The Morgan fingerprint density at radius 3 is 3.08 bits per heavy atom. The molecule has 12 heavy (non-hydrogen) atoms. The molecule has 0 aromatic carbocycles. The van der Waals surface area contributed by atoms with Gasteiger partial charge in [-0.1, -0.05) is 11.6 Å². The van der Waals surface area contributed by atoms with Gasteiger partial charge < -0.3 is 0 Å². The maximum Gasteiger partial charge on any atom is 0.167 e. The summed E-state index contributed by atoms with van der Waals surface area (Å²) in [6.07, 6.45) is 1.46. The molecule has 58 valence electrons. The summed E-state index contributed by atoms with van der Waals surface area (Å²) in [5, 5.41) is 12.9. The number of imidazole rings is 1. The van der Waals surface area contributed by atoms with Crippen LogP contribution in [0.25, 0.3) is 5.52 Å². The molecule has 0 aliphatic carbocycles. The number of nitriles is 1. The normalized spacial score (nSPS) is 10.0. The molecule has 0 saturated heterocycles. The molecular formula is C7H3ClN4. The quantitative estimate of drug-likeness (QED) is 0.610. The second kappa shape index (κ2) is 2.47. The molecule has 0 radical (unpaired) electrons. The van der Waals surface area contributed by atoms with E-state index in [9.17, 15) is 0 Å². The molecule has 0 aliphatic heterocycles. The maximum absolute atomic E-state index is 8.61. The number of hydrogen-bond donors (Lipinski definition) is 0. The van der Waals surface area contributed by atoms with Crippen LogP contribution in [0.1, 0.15) is 5.69 Å². The minimum absolute atomic E-state index is 0.360. The van der Waals surface area contributed by atoms with Crippen LogP contribution in [0.3, 0.4) is 0 Å². The molecule has 0 unspecified atom stereocenters. The van der Waals surface area contributed by atoms with Crippen molar-refractivity contribution in [3.05, 3.63) is 29.3 Å². The van der Waals surface area contributed by atoms with E-state index >= 15 is 0 Å². The van der Waals surface area contributed by atoms with E-state index < -0.39 is 0 Å². The molecule has 0 atom stereocenters. The van der Waals surface area contributed by atoms with Gasteiger partial charge in [-0.15, -0.1) is 0 Å². The van der Waals surface area contributed by atoms with Crippen molar-refractivity contribution in [2.24, 2.45) is 0 Å². The first-order chi connectivity index (χ1) is 5.81. The minimum atomic E-state index is 0.360. The molecule has 2 aromatic heterocycles. The second-order valence-corrected chi connectivity index (χ2v) is 2.58. The molecule has 0 bridgehead atoms. The van der Waals surface area contributed by atoms with Crippen LogP contribution in [0.5, 0.6) is 0 Å². The summed E-state index contributed by atoms with van der Waals surface area (Å²) in [6.45, 7) is 0. The third-order valence-corrected chi connectivity index (χ3v) is 1.68. The van der Waals surface area contributed by atoms with E-state index in [1.54, 1.807) is 12.1 Å². The Morgan fingerprint density at radius 1 is 1.50 bits per heavy atom. The lowest BCUT2D eigenvalue weighted by atomic mass is 10.4. The van der Waals surface area contributed by atoms with E-state index in [2.05, 4.69) is 10.1 Å². The SMILES string of the molecule is N#Cc1ncn2nc(Cl)ccc12. The van der Waals surface area contributed by atoms with Crippen LogP contribution < -0.4 is 0 Å². The first-order valence-corrected chi connectivity index (χ1v) is 3.59. The Labute approximate surface area is 73.0 Å². The molecule has 0 fully saturated rings. The van der Waals surface area contributed by atoms with Gasteiger partial charge in [0.25, 0.3) is 0 Å². The Hall–Kier alpha value is -1.60. The molecule has 0 N–H and O–H groups in total. The third kappa shape index (κ3) is 0.917. The van der Waals surface area contributed by atoms with Crippen LogP contribution in [-0.4, -0.2) is 14.6 Å². The smallest absolute Gasteiger partial charge is 0.167 e. The van der Waals surface area contributed by atoms with Crippen molar-refractivity contribution in [2.45, 2.75) is 0 Å². The highest BCUT2D eigenvalue weighted by molar-refractivity contribution is 6.29. The average Bonchev–Trinajstić information content (AvgIpc) is 2.46. The van der Waals surface area contributed by atoms with Crippen LogP contribution in [0, 0.1) is 11.3 Å².